The number of esters is 1. The van der Waals surface area contributed by atoms with Crippen LogP contribution >= 0.6 is 0 Å². The van der Waals surface area contributed by atoms with Crippen molar-refractivity contribution >= 4 is 22.2 Å². The Morgan fingerprint density at radius 1 is 1.07 bits per heavy atom. The fourth-order valence-corrected chi connectivity index (χ4v) is 4.25. The highest BCUT2D eigenvalue weighted by molar-refractivity contribution is 7.86. The van der Waals surface area contributed by atoms with Gasteiger partial charge in [-0.25, -0.2) is 9.59 Å². The van der Waals surface area contributed by atoms with Crippen LogP contribution in [0, 0.1) is 6.92 Å². The molecular weight excluding hydrogens is 410 g/mol. The van der Waals surface area contributed by atoms with Gasteiger partial charge in [0, 0.05) is 6.42 Å². The average Bonchev–Trinajstić information content (AvgIpc) is 3.15. The lowest BCUT2D eigenvalue weighted by Crippen LogP contribution is -2.41. The second-order valence-corrected chi connectivity index (χ2v) is 8.52. The molecule has 0 saturated carbocycles. The maximum absolute atomic E-state index is 12.6. The molecular formula is C21H23NO7S. The van der Waals surface area contributed by atoms with Crippen molar-refractivity contribution in [3.8, 4) is 0 Å². The number of carbonyl (C=O) groups excluding carboxylic acids is 2. The molecule has 0 bridgehead atoms. The lowest BCUT2D eigenvalue weighted by atomic mass is 10.2. The molecule has 1 amide bonds. The summed E-state index contributed by atoms with van der Waals surface area (Å²) in [4.78, 5) is 25.9. The molecule has 8 nitrogen and oxygen atoms in total. The first kappa shape index (κ1) is 21.8. The van der Waals surface area contributed by atoms with Gasteiger partial charge in [0.05, 0.1) is 24.7 Å². The van der Waals surface area contributed by atoms with Crippen molar-refractivity contribution in [2.75, 3.05) is 13.7 Å². The van der Waals surface area contributed by atoms with Gasteiger partial charge in [-0.1, -0.05) is 48.0 Å². The zero-order valence-electron chi connectivity index (χ0n) is 16.7. The first-order valence-corrected chi connectivity index (χ1v) is 10.8. The Balaban J connectivity index is 1.70. The lowest BCUT2D eigenvalue weighted by Gasteiger charge is -2.21. The van der Waals surface area contributed by atoms with Crippen LogP contribution in [0.2, 0.25) is 0 Å². The minimum atomic E-state index is -4.05. The molecule has 0 unspecified atom stereocenters. The smallest absolute Gasteiger partial charge is 0.410 e. The minimum absolute atomic E-state index is 0.00724. The topological polar surface area (TPSA) is 99.2 Å². The van der Waals surface area contributed by atoms with Crippen molar-refractivity contribution in [3.63, 3.8) is 0 Å². The average molecular weight is 433 g/mol. The van der Waals surface area contributed by atoms with E-state index in [0.717, 1.165) is 16.0 Å². The summed E-state index contributed by atoms with van der Waals surface area (Å²) in [5.74, 6) is -0.662. The third kappa shape index (κ3) is 5.17. The molecule has 1 aliphatic heterocycles. The van der Waals surface area contributed by atoms with Crippen LogP contribution in [0.4, 0.5) is 4.79 Å². The summed E-state index contributed by atoms with van der Waals surface area (Å²) in [5.41, 5.74) is 1.70. The molecule has 0 N–H and O–H groups in total. The second kappa shape index (κ2) is 9.27. The van der Waals surface area contributed by atoms with Crippen LogP contribution in [-0.2, 0) is 35.2 Å². The van der Waals surface area contributed by atoms with E-state index in [1.54, 1.807) is 24.3 Å². The van der Waals surface area contributed by atoms with Crippen molar-refractivity contribution in [2.45, 2.75) is 37.0 Å². The van der Waals surface area contributed by atoms with E-state index in [1.807, 2.05) is 25.1 Å². The van der Waals surface area contributed by atoms with Crippen LogP contribution in [0.1, 0.15) is 17.5 Å². The van der Waals surface area contributed by atoms with Gasteiger partial charge in [0.25, 0.3) is 10.1 Å². The highest BCUT2D eigenvalue weighted by atomic mass is 32.2. The van der Waals surface area contributed by atoms with E-state index in [1.165, 1.54) is 19.2 Å². The Bertz CT molecular complexity index is 990. The molecule has 9 heteroatoms. The first-order valence-electron chi connectivity index (χ1n) is 9.35. The normalized spacial score (nSPS) is 18.8. The number of amides is 1. The molecule has 1 aliphatic rings. The fraction of sp³-hybridized carbons (Fsp3) is 0.333. The number of carbonyl (C=O) groups is 2. The zero-order chi connectivity index (χ0) is 21.7. The summed E-state index contributed by atoms with van der Waals surface area (Å²) in [6.07, 6.45) is -1.66. The van der Waals surface area contributed by atoms with Crippen LogP contribution in [-0.4, -0.2) is 51.2 Å². The number of methoxy groups -OCH3 is 1. The number of likely N-dealkylation sites (tertiary alicyclic amines) is 1. The van der Waals surface area contributed by atoms with E-state index >= 15 is 0 Å². The summed E-state index contributed by atoms with van der Waals surface area (Å²) >= 11 is 0. The molecule has 2 atom stereocenters. The Morgan fingerprint density at radius 3 is 2.37 bits per heavy atom. The molecule has 30 heavy (non-hydrogen) atoms. The molecule has 1 fully saturated rings. The van der Waals surface area contributed by atoms with Gasteiger partial charge in [-0.05, 0) is 24.6 Å². The number of aryl methyl sites for hydroxylation is 1. The lowest BCUT2D eigenvalue weighted by molar-refractivity contribution is -0.145. The standard InChI is InChI=1S/C21H23NO7S/c1-15-8-10-18(11-9-15)30(25,26)29-17-12-19(20(23)27-2)22(13-17)21(24)28-14-16-6-4-3-5-7-16/h3-11,17,19H,12-14H2,1-2H3/t17-,19-/m1/s1. The summed E-state index contributed by atoms with van der Waals surface area (Å²) < 4.78 is 40.5. The predicted octanol–water partition coefficient (Wildman–Crippen LogP) is 2.65. The summed E-state index contributed by atoms with van der Waals surface area (Å²) in [6, 6.07) is 14.3. The SMILES string of the molecule is COC(=O)[C@H]1C[C@@H](OS(=O)(=O)c2ccc(C)cc2)CN1C(=O)OCc1ccccc1. The van der Waals surface area contributed by atoms with Crippen LogP contribution in [0.3, 0.4) is 0 Å². The van der Waals surface area contributed by atoms with Gasteiger partial charge in [-0.2, -0.15) is 8.42 Å². The summed E-state index contributed by atoms with van der Waals surface area (Å²) in [7, 11) is -2.85. The van der Waals surface area contributed by atoms with Crippen LogP contribution in [0.15, 0.2) is 59.5 Å². The van der Waals surface area contributed by atoms with E-state index in [-0.39, 0.29) is 24.5 Å². The number of hydrogen-bond acceptors (Lipinski definition) is 7. The fourth-order valence-electron chi connectivity index (χ4n) is 3.17. The number of benzene rings is 2. The van der Waals surface area contributed by atoms with Crippen molar-refractivity contribution in [2.24, 2.45) is 0 Å². The highest BCUT2D eigenvalue weighted by Gasteiger charge is 2.43. The Hall–Kier alpha value is -2.91. The van der Waals surface area contributed by atoms with Crippen LogP contribution in [0.25, 0.3) is 0 Å². The third-order valence-electron chi connectivity index (χ3n) is 4.75. The number of hydrogen-bond donors (Lipinski definition) is 0. The van der Waals surface area contributed by atoms with Gasteiger partial charge in [0.15, 0.2) is 0 Å². The van der Waals surface area contributed by atoms with Gasteiger partial charge >= 0.3 is 12.1 Å². The molecule has 0 aromatic heterocycles. The molecule has 0 spiro atoms. The van der Waals surface area contributed by atoms with E-state index < -0.39 is 34.3 Å². The third-order valence-corrected chi connectivity index (χ3v) is 6.12. The Labute approximate surface area is 175 Å². The Morgan fingerprint density at radius 2 is 1.73 bits per heavy atom. The van der Waals surface area contributed by atoms with Gasteiger partial charge in [0.1, 0.15) is 12.6 Å². The molecule has 0 radical (unpaired) electrons. The maximum Gasteiger partial charge on any atom is 0.410 e. The highest BCUT2D eigenvalue weighted by Crippen LogP contribution is 2.26. The maximum atomic E-state index is 12.6. The molecule has 2 aromatic rings. The van der Waals surface area contributed by atoms with Crippen LogP contribution in [0.5, 0.6) is 0 Å². The number of rotatable bonds is 6. The first-order chi connectivity index (χ1) is 14.3. The summed E-state index contributed by atoms with van der Waals surface area (Å²) in [5, 5.41) is 0. The molecule has 0 aliphatic carbocycles. The molecule has 1 saturated heterocycles. The zero-order valence-corrected chi connectivity index (χ0v) is 17.5. The molecule has 3 rings (SSSR count). The van der Waals surface area contributed by atoms with Crippen molar-refractivity contribution in [3.05, 3.63) is 65.7 Å². The van der Waals surface area contributed by atoms with E-state index in [4.69, 9.17) is 13.7 Å². The molecule has 1 heterocycles. The largest absolute Gasteiger partial charge is 0.467 e. The number of nitrogens with zero attached hydrogens (tertiary/aromatic N) is 1. The van der Waals surface area contributed by atoms with E-state index in [0.29, 0.717) is 0 Å². The molecule has 160 valence electrons. The predicted molar refractivity (Wildman–Crippen MR) is 107 cm³/mol. The van der Waals surface area contributed by atoms with Crippen molar-refractivity contribution in [1.29, 1.82) is 0 Å². The van der Waals surface area contributed by atoms with E-state index in [9.17, 15) is 18.0 Å². The number of ether oxygens (including phenoxy) is 2. The summed E-state index contributed by atoms with van der Waals surface area (Å²) in [6.45, 7) is 1.75. The van der Waals surface area contributed by atoms with Crippen molar-refractivity contribution in [1.82, 2.24) is 4.90 Å². The Kier molecular flexibility index (Phi) is 6.73. The van der Waals surface area contributed by atoms with Crippen LogP contribution < -0.4 is 0 Å². The molecule has 2 aromatic carbocycles. The van der Waals surface area contributed by atoms with Crippen molar-refractivity contribution < 1.29 is 31.7 Å². The van der Waals surface area contributed by atoms with Gasteiger partial charge < -0.3 is 9.47 Å². The minimum Gasteiger partial charge on any atom is -0.467 e. The monoisotopic (exact) mass is 433 g/mol. The van der Waals surface area contributed by atoms with Gasteiger partial charge in [0.2, 0.25) is 0 Å². The quantitative estimate of drug-likeness (QED) is 0.510. The van der Waals surface area contributed by atoms with E-state index in [2.05, 4.69) is 0 Å². The van der Waals surface area contributed by atoms with Gasteiger partial charge in [-0.15, -0.1) is 0 Å². The van der Waals surface area contributed by atoms with Gasteiger partial charge in [-0.3, -0.25) is 9.08 Å². The second-order valence-electron chi connectivity index (χ2n) is 6.95.